The zero-order valence-corrected chi connectivity index (χ0v) is 11.1. The number of piperazine rings is 1. The van der Waals surface area contributed by atoms with Crippen molar-refractivity contribution < 1.29 is 0 Å². The summed E-state index contributed by atoms with van der Waals surface area (Å²) in [4.78, 5) is 2.66. The molecule has 1 aliphatic heterocycles. The Bertz CT molecular complexity index is 179. The topological polar surface area (TPSA) is 15.3 Å². The maximum atomic E-state index is 3.62. The number of hydrogen-bond acceptors (Lipinski definition) is 2. The first-order valence-corrected chi connectivity index (χ1v) is 6.53. The van der Waals surface area contributed by atoms with E-state index in [1.54, 1.807) is 0 Å². The van der Waals surface area contributed by atoms with E-state index in [2.05, 4.69) is 44.8 Å². The standard InChI is InChI=1S/C13H28N2/c1-6-11(4)12(5)15-8-7-14-13(9-15)10(2)3/h10-14H,6-9H2,1-5H3. The first kappa shape index (κ1) is 13.0. The fourth-order valence-corrected chi connectivity index (χ4v) is 2.32. The summed E-state index contributed by atoms with van der Waals surface area (Å²) in [7, 11) is 0. The van der Waals surface area contributed by atoms with Crippen LogP contribution >= 0.6 is 0 Å². The molecule has 1 fully saturated rings. The third-order valence-electron chi connectivity index (χ3n) is 4.08. The van der Waals surface area contributed by atoms with Gasteiger partial charge in [0, 0.05) is 31.7 Å². The number of nitrogens with zero attached hydrogens (tertiary/aromatic N) is 1. The van der Waals surface area contributed by atoms with Crippen molar-refractivity contribution in [2.75, 3.05) is 19.6 Å². The van der Waals surface area contributed by atoms with Gasteiger partial charge in [-0.1, -0.05) is 34.1 Å². The van der Waals surface area contributed by atoms with Crippen molar-refractivity contribution in [3.05, 3.63) is 0 Å². The second-order valence-electron chi connectivity index (χ2n) is 5.43. The largest absolute Gasteiger partial charge is 0.311 e. The predicted molar refractivity (Wildman–Crippen MR) is 67.1 cm³/mol. The molecule has 90 valence electrons. The first-order chi connectivity index (χ1) is 7.06. The Kier molecular flexibility index (Phi) is 5.07. The molecule has 0 aromatic heterocycles. The molecule has 1 saturated heterocycles. The minimum absolute atomic E-state index is 0.685. The van der Waals surface area contributed by atoms with Crippen molar-refractivity contribution in [1.82, 2.24) is 10.2 Å². The molecule has 1 rings (SSSR count). The zero-order chi connectivity index (χ0) is 11.4. The van der Waals surface area contributed by atoms with Crippen molar-refractivity contribution in [3.63, 3.8) is 0 Å². The number of hydrogen-bond donors (Lipinski definition) is 1. The van der Waals surface area contributed by atoms with Crippen LogP contribution in [-0.4, -0.2) is 36.6 Å². The summed E-state index contributed by atoms with van der Waals surface area (Å²) in [5, 5.41) is 3.62. The van der Waals surface area contributed by atoms with Crippen LogP contribution in [0.25, 0.3) is 0 Å². The van der Waals surface area contributed by atoms with E-state index in [0.29, 0.717) is 6.04 Å². The van der Waals surface area contributed by atoms with Gasteiger partial charge in [0.1, 0.15) is 0 Å². The van der Waals surface area contributed by atoms with Gasteiger partial charge in [0.05, 0.1) is 0 Å². The second kappa shape index (κ2) is 5.86. The summed E-state index contributed by atoms with van der Waals surface area (Å²) < 4.78 is 0. The van der Waals surface area contributed by atoms with Crippen LogP contribution in [0, 0.1) is 11.8 Å². The average Bonchev–Trinajstić information content (AvgIpc) is 2.27. The highest BCUT2D eigenvalue weighted by Gasteiger charge is 2.26. The van der Waals surface area contributed by atoms with Gasteiger partial charge in [-0.05, 0) is 18.8 Å². The molecule has 3 unspecified atom stereocenters. The lowest BCUT2D eigenvalue weighted by Crippen LogP contribution is -2.56. The Morgan fingerprint density at radius 3 is 2.47 bits per heavy atom. The molecule has 0 saturated carbocycles. The molecule has 2 heteroatoms. The van der Waals surface area contributed by atoms with E-state index in [9.17, 15) is 0 Å². The van der Waals surface area contributed by atoms with Crippen LogP contribution in [0.15, 0.2) is 0 Å². The summed E-state index contributed by atoms with van der Waals surface area (Å²) in [6, 6.07) is 1.42. The van der Waals surface area contributed by atoms with Crippen LogP contribution in [0.1, 0.15) is 41.0 Å². The Balaban J connectivity index is 2.48. The Morgan fingerprint density at radius 1 is 1.27 bits per heavy atom. The minimum Gasteiger partial charge on any atom is -0.311 e. The zero-order valence-electron chi connectivity index (χ0n) is 11.1. The molecule has 0 aromatic carbocycles. The molecule has 3 atom stereocenters. The third-order valence-corrected chi connectivity index (χ3v) is 4.08. The van der Waals surface area contributed by atoms with Crippen molar-refractivity contribution in [2.45, 2.75) is 53.1 Å². The average molecular weight is 212 g/mol. The number of rotatable bonds is 4. The van der Waals surface area contributed by atoms with Gasteiger partial charge >= 0.3 is 0 Å². The maximum absolute atomic E-state index is 3.62. The van der Waals surface area contributed by atoms with Gasteiger partial charge in [0.2, 0.25) is 0 Å². The van der Waals surface area contributed by atoms with Crippen molar-refractivity contribution in [3.8, 4) is 0 Å². The van der Waals surface area contributed by atoms with Gasteiger partial charge in [0.15, 0.2) is 0 Å². The Morgan fingerprint density at radius 2 is 1.93 bits per heavy atom. The van der Waals surface area contributed by atoms with E-state index >= 15 is 0 Å². The maximum Gasteiger partial charge on any atom is 0.0218 e. The molecule has 0 bridgehead atoms. The van der Waals surface area contributed by atoms with E-state index in [0.717, 1.165) is 24.4 Å². The van der Waals surface area contributed by atoms with Gasteiger partial charge in [-0.3, -0.25) is 4.90 Å². The Hall–Kier alpha value is -0.0800. The normalized spacial score (nSPS) is 28.0. The van der Waals surface area contributed by atoms with Gasteiger partial charge in [-0.2, -0.15) is 0 Å². The molecule has 1 heterocycles. The van der Waals surface area contributed by atoms with Crippen molar-refractivity contribution in [1.29, 1.82) is 0 Å². The van der Waals surface area contributed by atoms with Crippen LogP contribution in [0.4, 0.5) is 0 Å². The van der Waals surface area contributed by atoms with Crippen molar-refractivity contribution in [2.24, 2.45) is 11.8 Å². The molecule has 0 aromatic rings. The molecule has 0 radical (unpaired) electrons. The molecule has 15 heavy (non-hydrogen) atoms. The van der Waals surface area contributed by atoms with E-state index in [1.165, 1.54) is 19.5 Å². The molecular formula is C13H28N2. The van der Waals surface area contributed by atoms with E-state index in [1.807, 2.05) is 0 Å². The van der Waals surface area contributed by atoms with E-state index < -0.39 is 0 Å². The lowest BCUT2D eigenvalue weighted by molar-refractivity contribution is 0.104. The highest BCUT2D eigenvalue weighted by atomic mass is 15.2. The summed E-state index contributed by atoms with van der Waals surface area (Å²) in [6.45, 7) is 15.3. The van der Waals surface area contributed by atoms with Gasteiger partial charge in [-0.15, -0.1) is 0 Å². The molecular weight excluding hydrogens is 184 g/mol. The first-order valence-electron chi connectivity index (χ1n) is 6.53. The van der Waals surface area contributed by atoms with Gasteiger partial charge in [0.25, 0.3) is 0 Å². The molecule has 0 aliphatic carbocycles. The highest BCUT2D eigenvalue weighted by Crippen LogP contribution is 2.17. The second-order valence-corrected chi connectivity index (χ2v) is 5.43. The van der Waals surface area contributed by atoms with Crippen LogP contribution in [0.2, 0.25) is 0 Å². The predicted octanol–water partition coefficient (Wildman–Crippen LogP) is 2.35. The third kappa shape index (κ3) is 3.46. The molecule has 0 amide bonds. The Labute approximate surface area is 95.4 Å². The molecule has 1 aliphatic rings. The minimum atomic E-state index is 0.685. The van der Waals surface area contributed by atoms with E-state index in [-0.39, 0.29) is 0 Å². The van der Waals surface area contributed by atoms with Crippen LogP contribution in [-0.2, 0) is 0 Å². The summed E-state index contributed by atoms with van der Waals surface area (Å²) in [5.74, 6) is 1.56. The van der Waals surface area contributed by atoms with Crippen LogP contribution in [0.3, 0.4) is 0 Å². The molecule has 0 spiro atoms. The van der Waals surface area contributed by atoms with E-state index in [4.69, 9.17) is 0 Å². The fraction of sp³-hybridized carbons (Fsp3) is 1.00. The summed E-state index contributed by atoms with van der Waals surface area (Å²) >= 11 is 0. The summed E-state index contributed by atoms with van der Waals surface area (Å²) in [5.41, 5.74) is 0. The lowest BCUT2D eigenvalue weighted by atomic mass is 9.95. The molecule has 2 nitrogen and oxygen atoms in total. The highest BCUT2D eigenvalue weighted by molar-refractivity contribution is 4.84. The quantitative estimate of drug-likeness (QED) is 0.769. The number of nitrogens with one attached hydrogen (secondary N) is 1. The van der Waals surface area contributed by atoms with Crippen LogP contribution < -0.4 is 5.32 Å². The van der Waals surface area contributed by atoms with Crippen LogP contribution in [0.5, 0.6) is 0 Å². The summed E-state index contributed by atoms with van der Waals surface area (Å²) in [6.07, 6.45) is 1.29. The SMILES string of the molecule is CCC(C)C(C)N1CCNC(C(C)C)C1. The fourth-order valence-electron chi connectivity index (χ4n) is 2.32. The molecule has 1 N–H and O–H groups in total. The van der Waals surface area contributed by atoms with Gasteiger partial charge < -0.3 is 5.32 Å². The van der Waals surface area contributed by atoms with Gasteiger partial charge in [-0.25, -0.2) is 0 Å². The van der Waals surface area contributed by atoms with Crippen molar-refractivity contribution >= 4 is 0 Å². The lowest BCUT2D eigenvalue weighted by Gasteiger charge is -2.41. The monoisotopic (exact) mass is 212 g/mol. The smallest absolute Gasteiger partial charge is 0.0218 e.